The van der Waals surface area contributed by atoms with Crippen LogP contribution in [0.15, 0.2) is 0 Å². The van der Waals surface area contributed by atoms with E-state index >= 15 is 0 Å². The number of hydrogen-bond donors (Lipinski definition) is 8. The van der Waals surface area contributed by atoms with Crippen LogP contribution in [0.2, 0.25) is 0 Å². The Hall–Kier alpha value is 2.48. The van der Waals surface area contributed by atoms with Gasteiger partial charge in [0.05, 0.1) is 45.1 Å². The molecule has 0 saturated heterocycles. The van der Waals surface area contributed by atoms with Crippen molar-refractivity contribution >= 4 is 95.6 Å². The molecule has 0 aromatic heterocycles. The molecule has 6 unspecified atom stereocenters. The third kappa shape index (κ3) is 8.25. The van der Waals surface area contributed by atoms with Crippen molar-refractivity contribution in [2.24, 2.45) is 16.2 Å². The lowest BCUT2D eigenvalue weighted by Crippen LogP contribution is -2.52. The zero-order valence-corrected chi connectivity index (χ0v) is 25.4. The third-order valence-corrected chi connectivity index (χ3v) is 9.97. The second kappa shape index (κ2) is 14.9. The Morgan fingerprint density at radius 2 is 0.710 bits per heavy atom. The van der Waals surface area contributed by atoms with Gasteiger partial charge in [-0.2, -0.15) is 0 Å². The van der Waals surface area contributed by atoms with Crippen LogP contribution in [-0.2, 0) is 9.47 Å². The fraction of sp³-hybridized carbons (Fsp3) is 1.00. The Balaban J connectivity index is 5.34. The lowest BCUT2D eigenvalue weighted by atomic mass is 9.89. The van der Waals surface area contributed by atoms with E-state index in [9.17, 15) is 40.9 Å². The van der Waals surface area contributed by atoms with Crippen LogP contribution in [-0.4, -0.2) is 111 Å². The number of rotatable bonds is 16. The summed E-state index contributed by atoms with van der Waals surface area (Å²) in [6.45, 7) is -2.66. The maximum atomic E-state index is 9.98. The average molecular weight is 846 g/mol. The van der Waals surface area contributed by atoms with Gasteiger partial charge in [-0.1, -0.05) is 95.6 Å². The van der Waals surface area contributed by atoms with Crippen molar-refractivity contribution in [3.63, 3.8) is 0 Å². The maximum absolute atomic E-state index is 9.98. The highest BCUT2D eigenvalue weighted by Gasteiger charge is 2.50. The second-order valence-corrected chi connectivity index (χ2v) is 12.2. The van der Waals surface area contributed by atoms with Gasteiger partial charge in [0.1, 0.15) is 40.9 Å². The van der Waals surface area contributed by atoms with Crippen molar-refractivity contribution in [2.75, 3.05) is 39.6 Å². The van der Waals surface area contributed by atoms with Crippen LogP contribution in [0.1, 0.15) is 0 Å². The Morgan fingerprint density at radius 1 is 0.484 bits per heavy atom. The molecule has 10 nitrogen and oxygen atoms in total. The molecular formula is C15H26Br6O10. The largest absolute Gasteiger partial charge is 0.396 e. The summed E-state index contributed by atoms with van der Waals surface area (Å²) in [6, 6.07) is 0. The monoisotopic (exact) mass is 840 g/mol. The summed E-state index contributed by atoms with van der Waals surface area (Å²) in [4.78, 5) is 0. The molecule has 188 valence electrons. The van der Waals surface area contributed by atoms with Crippen LogP contribution in [0, 0.1) is 16.2 Å². The number of halogens is 6. The number of hydrogen-bond acceptors (Lipinski definition) is 10. The van der Waals surface area contributed by atoms with Gasteiger partial charge < -0.3 is 50.3 Å². The molecule has 0 radical (unpaired) electrons. The van der Waals surface area contributed by atoms with Crippen LogP contribution in [0.5, 0.6) is 0 Å². The zero-order valence-electron chi connectivity index (χ0n) is 15.9. The molecule has 31 heavy (non-hydrogen) atoms. The van der Waals surface area contributed by atoms with Gasteiger partial charge in [-0.05, 0) is 0 Å². The quantitative estimate of drug-likeness (QED) is 0.101. The third-order valence-electron chi connectivity index (χ3n) is 4.85. The first kappa shape index (κ1) is 33.5. The van der Waals surface area contributed by atoms with E-state index < -0.39 is 72.8 Å². The molecule has 0 aliphatic rings. The average Bonchev–Trinajstić information content (AvgIpc) is 2.65. The summed E-state index contributed by atoms with van der Waals surface area (Å²) < 4.78 is 11.0. The molecule has 0 heterocycles. The van der Waals surface area contributed by atoms with E-state index in [-0.39, 0.29) is 13.2 Å². The Bertz CT molecular complexity index is 421. The van der Waals surface area contributed by atoms with Crippen LogP contribution in [0.25, 0.3) is 0 Å². The Morgan fingerprint density at radius 3 is 0.871 bits per heavy atom. The Labute approximate surface area is 230 Å². The highest BCUT2D eigenvalue weighted by molar-refractivity contribution is 9.11. The van der Waals surface area contributed by atoms with Crippen molar-refractivity contribution in [3.05, 3.63) is 0 Å². The molecule has 16 heteroatoms. The van der Waals surface area contributed by atoms with Gasteiger partial charge in [0.25, 0.3) is 0 Å². The van der Waals surface area contributed by atoms with Gasteiger partial charge in [0, 0.05) is 0 Å². The van der Waals surface area contributed by atoms with Crippen LogP contribution < -0.4 is 0 Å². The van der Waals surface area contributed by atoms with Gasteiger partial charge in [0.2, 0.25) is 0 Å². The Kier molecular flexibility index (Phi) is 16.1. The number of alkyl halides is 6. The van der Waals surface area contributed by atoms with E-state index in [1.807, 2.05) is 0 Å². The van der Waals surface area contributed by atoms with E-state index in [2.05, 4.69) is 95.6 Å². The van der Waals surface area contributed by atoms with E-state index in [1.165, 1.54) is 0 Å². The predicted octanol–water partition coefficient (Wildman–Crippen LogP) is 0.243. The molecule has 0 fully saturated rings. The van der Waals surface area contributed by atoms with Crippen molar-refractivity contribution in [2.45, 2.75) is 30.1 Å². The first-order chi connectivity index (χ1) is 14.2. The number of ether oxygens (including phenoxy) is 2. The van der Waals surface area contributed by atoms with Gasteiger partial charge >= 0.3 is 0 Å². The van der Waals surface area contributed by atoms with Crippen molar-refractivity contribution < 1.29 is 50.3 Å². The number of aliphatic hydroxyl groups excluding tert-OH is 8. The molecule has 0 aliphatic carbocycles. The normalized spacial score (nSPS) is 22.6. The van der Waals surface area contributed by atoms with Gasteiger partial charge in [-0.15, -0.1) is 0 Å². The summed E-state index contributed by atoms with van der Waals surface area (Å²) in [5.74, 6) is 0. The zero-order chi connectivity index (χ0) is 24.6. The molecule has 0 saturated carbocycles. The van der Waals surface area contributed by atoms with Crippen LogP contribution >= 0.6 is 95.6 Å². The fourth-order valence-corrected chi connectivity index (χ4v) is 8.18. The minimum Gasteiger partial charge on any atom is -0.396 e. The first-order valence-electron chi connectivity index (χ1n) is 8.50. The standard InChI is InChI=1S/C15H26Br6O10/c16-7(24)14(8(17)25,9(18)26)5-30-3-13(1-22,2-23)4-31-6-15(10(19)27,11(20)28)12(21)29/h7-12,22-29H,1-6H2. The lowest BCUT2D eigenvalue weighted by Gasteiger charge is -2.40. The summed E-state index contributed by atoms with van der Waals surface area (Å²) in [7, 11) is 0. The van der Waals surface area contributed by atoms with Crippen molar-refractivity contribution in [1.82, 2.24) is 0 Å². The number of aliphatic hydroxyl groups is 8. The molecule has 6 atom stereocenters. The van der Waals surface area contributed by atoms with Gasteiger partial charge in [0.15, 0.2) is 0 Å². The van der Waals surface area contributed by atoms with Crippen LogP contribution in [0.3, 0.4) is 0 Å². The molecule has 0 bridgehead atoms. The van der Waals surface area contributed by atoms with Crippen LogP contribution in [0.4, 0.5) is 0 Å². The summed E-state index contributed by atoms with van der Waals surface area (Å²) in [5, 5.41) is 71.1. The predicted molar refractivity (Wildman–Crippen MR) is 133 cm³/mol. The van der Waals surface area contributed by atoms with E-state index in [0.29, 0.717) is 0 Å². The highest BCUT2D eigenvalue weighted by atomic mass is 79.9. The summed E-state index contributed by atoms with van der Waals surface area (Å²) in [6.07, 6.45) is 0. The SMILES string of the molecule is OCC(CO)(COCC(C(O)Br)(C(O)Br)C(O)Br)COCC(C(O)Br)(C(O)Br)C(O)Br. The summed E-state index contributed by atoms with van der Waals surface area (Å²) >= 11 is 17.4. The summed E-state index contributed by atoms with van der Waals surface area (Å²) in [5.41, 5.74) is -4.66. The second-order valence-electron chi connectivity index (χ2n) is 7.04. The fourth-order valence-electron chi connectivity index (χ4n) is 2.26. The minimum atomic E-state index is -1.65. The van der Waals surface area contributed by atoms with E-state index in [1.54, 1.807) is 0 Å². The molecule has 0 aliphatic heterocycles. The molecule has 0 spiro atoms. The molecule has 0 aromatic rings. The van der Waals surface area contributed by atoms with E-state index in [4.69, 9.17) is 9.47 Å². The molecule has 8 N–H and O–H groups in total. The molecule has 0 rings (SSSR count). The molecule has 0 aromatic carbocycles. The van der Waals surface area contributed by atoms with Gasteiger partial charge in [-0.3, -0.25) is 0 Å². The topological polar surface area (TPSA) is 180 Å². The van der Waals surface area contributed by atoms with Crippen molar-refractivity contribution in [1.29, 1.82) is 0 Å². The highest BCUT2D eigenvalue weighted by Crippen LogP contribution is 2.42. The minimum absolute atomic E-state index is 0.321. The van der Waals surface area contributed by atoms with Crippen molar-refractivity contribution in [3.8, 4) is 0 Å². The van der Waals surface area contributed by atoms with Gasteiger partial charge in [-0.25, -0.2) is 0 Å². The maximum Gasteiger partial charge on any atom is 0.123 e. The lowest BCUT2D eigenvalue weighted by molar-refractivity contribution is -0.141. The molecular weight excluding hydrogens is 820 g/mol. The molecule has 0 amide bonds. The van der Waals surface area contributed by atoms with E-state index in [0.717, 1.165) is 0 Å². The smallest absolute Gasteiger partial charge is 0.123 e. The first-order valence-corrected chi connectivity index (χ1v) is 14.0.